The van der Waals surface area contributed by atoms with Crippen LogP contribution in [0.5, 0.6) is 11.5 Å². The lowest BCUT2D eigenvalue weighted by molar-refractivity contribution is -0.146. The Bertz CT molecular complexity index is 616. The minimum Gasteiger partial charge on any atom is -0.490 e. The van der Waals surface area contributed by atoms with Crippen molar-refractivity contribution in [3.05, 3.63) is 58.8 Å². The zero-order chi connectivity index (χ0) is 15.8. The van der Waals surface area contributed by atoms with Gasteiger partial charge in [0.25, 0.3) is 0 Å². The number of carbonyl (C=O) groups excluding carboxylic acids is 1. The van der Waals surface area contributed by atoms with Gasteiger partial charge in [-0.25, -0.2) is 9.18 Å². The summed E-state index contributed by atoms with van der Waals surface area (Å²) in [5.41, 5.74) is 0. The highest BCUT2D eigenvalue weighted by molar-refractivity contribution is 9.10. The van der Waals surface area contributed by atoms with E-state index >= 15 is 0 Å². The summed E-state index contributed by atoms with van der Waals surface area (Å²) in [7, 11) is 0. The predicted octanol–water partition coefficient (Wildman–Crippen LogP) is 3.59. The van der Waals surface area contributed by atoms with E-state index in [1.165, 1.54) is 12.1 Å². The van der Waals surface area contributed by atoms with Crippen molar-refractivity contribution in [3.63, 3.8) is 0 Å². The van der Waals surface area contributed by atoms with E-state index in [1.807, 2.05) is 12.1 Å². The Labute approximate surface area is 135 Å². The van der Waals surface area contributed by atoms with Crippen LogP contribution in [0.15, 0.2) is 53.0 Å². The molecule has 22 heavy (non-hydrogen) atoms. The van der Waals surface area contributed by atoms with Crippen LogP contribution in [0.2, 0.25) is 0 Å². The van der Waals surface area contributed by atoms with Crippen LogP contribution in [0.1, 0.15) is 0 Å². The molecule has 0 N–H and O–H groups in total. The van der Waals surface area contributed by atoms with Crippen molar-refractivity contribution >= 4 is 21.9 Å². The fourth-order valence-electron chi connectivity index (χ4n) is 1.59. The fourth-order valence-corrected chi connectivity index (χ4v) is 1.85. The minimum atomic E-state index is -0.581. The second-order valence-electron chi connectivity index (χ2n) is 4.24. The van der Waals surface area contributed by atoms with E-state index in [2.05, 4.69) is 15.9 Å². The molecule has 0 atom stereocenters. The largest absolute Gasteiger partial charge is 0.490 e. The van der Waals surface area contributed by atoms with Crippen molar-refractivity contribution in [3.8, 4) is 11.5 Å². The van der Waals surface area contributed by atoms with Gasteiger partial charge in [0.05, 0.1) is 0 Å². The van der Waals surface area contributed by atoms with Gasteiger partial charge in [0, 0.05) is 4.47 Å². The van der Waals surface area contributed by atoms with Gasteiger partial charge in [-0.2, -0.15) is 0 Å². The molecule has 0 aliphatic heterocycles. The average Bonchev–Trinajstić information content (AvgIpc) is 2.52. The summed E-state index contributed by atoms with van der Waals surface area (Å²) in [5.74, 6) is -0.399. The number of hydrogen-bond acceptors (Lipinski definition) is 4. The first kappa shape index (κ1) is 16.3. The van der Waals surface area contributed by atoms with Crippen molar-refractivity contribution in [1.82, 2.24) is 0 Å². The molecule has 0 heterocycles. The van der Waals surface area contributed by atoms with Crippen molar-refractivity contribution in [2.75, 3.05) is 19.8 Å². The van der Waals surface area contributed by atoms with Crippen molar-refractivity contribution in [2.45, 2.75) is 0 Å². The van der Waals surface area contributed by atoms with E-state index in [0.29, 0.717) is 5.75 Å². The Kier molecular flexibility index (Phi) is 6.21. The highest BCUT2D eigenvalue weighted by Crippen LogP contribution is 2.16. The lowest BCUT2D eigenvalue weighted by Crippen LogP contribution is -2.18. The maximum atomic E-state index is 13.3. The molecule has 0 fully saturated rings. The molecule has 0 saturated carbocycles. The third-order valence-corrected chi connectivity index (χ3v) is 3.14. The number of carbonyl (C=O) groups is 1. The van der Waals surface area contributed by atoms with Crippen LogP contribution in [-0.2, 0) is 9.53 Å². The van der Waals surface area contributed by atoms with Crippen LogP contribution in [0, 0.1) is 5.82 Å². The summed E-state index contributed by atoms with van der Waals surface area (Å²) in [6.07, 6.45) is 0. The number of rotatable bonds is 7. The highest BCUT2D eigenvalue weighted by atomic mass is 79.9. The van der Waals surface area contributed by atoms with Gasteiger partial charge in [0.15, 0.2) is 18.2 Å². The van der Waals surface area contributed by atoms with Gasteiger partial charge in [0.1, 0.15) is 19.0 Å². The van der Waals surface area contributed by atoms with Crippen molar-refractivity contribution in [1.29, 1.82) is 0 Å². The Balaban J connectivity index is 1.64. The summed E-state index contributed by atoms with van der Waals surface area (Å²) in [6, 6.07) is 13.2. The number of halogens is 2. The lowest BCUT2D eigenvalue weighted by Gasteiger charge is -2.09. The van der Waals surface area contributed by atoms with Crippen LogP contribution in [0.25, 0.3) is 0 Å². The van der Waals surface area contributed by atoms with Crippen LogP contribution in [-0.4, -0.2) is 25.8 Å². The third kappa shape index (κ3) is 5.37. The van der Waals surface area contributed by atoms with Crippen molar-refractivity contribution < 1.29 is 23.4 Å². The molecule has 0 amide bonds. The van der Waals surface area contributed by atoms with Gasteiger partial charge in [-0.3, -0.25) is 0 Å². The molecule has 0 aliphatic carbocycles. The summed E-state index contributed by atoms with van der Waals surface area (Å²) < 4.78 is 29.6. The van der Waals surface area contributed by atoms with Gasteiger partial charge in [0.2, 0.25) is 0 Å². The molecule has 0 aliphatic rings. The predicted molar refractivity (Wildman–Crippen MR) is 82.5 cm³/mol. The first-order chi connectivity index (χ1) is 10.6. The molecular weight excluding hydrogens is 355 g/mol. The number of para-hydroxylation sites is 1. The molecule has 2 aromatic rings. The molecule has 0 unspecified atom stereocenters. The number of benzene rings is 2. The Morgan fingerprint density at radius 3 is 2.45 bits per heavy atom. The first-order valence-electron chi connectivity index (χ1n) is 6.56. The summed E-state index contributed by atoms with van der Waals surface area (Å²) in [6.45, 7) is -0.0260. The van der Waals surface area contributed by atoms with E-state index in [1.54, 1.807) is 24.3 Å². The van der Waals surface area contributed by atoms with Gasteiger partial charge < -0.3 is 14.2 Å². The van der Waals surface area contributed by atoms with E-state index in [-0.39, 0.29) is 25.6 Å². The maximum Gasteiger partial charge on any atom is 0.344 e. The Morgan fingerprint density at radius 2 is 1.73 bits per heavy atom. The van der Waals surface area contributed by atoms with Crippen LogP contribution in [0.3, 0.4) is 0 Å². The molecule has 116 valence electrons. The van der Waals surface area contributed by atoms with Gasteiger partial charge in [-0.1, -0.05) is 28.1 Å². The van der Waals surface area contributed by atoms with Gasteiger partial charge >= 0.3 is 5.97 Å². The molecule has 2 aromatic carbocycles. The highest BCUT2D eigenvalue weighted by Gasteiger charge is 2.07. The fraction of sp³-hybridized carbons (Fsp3) is 0.188. The normalized spacial score (nSPS) is 10.1. The van der Waals surface area contributed by atoms with E-state index in [4.69, 9.17) is 14.2 Å². The maximum absolute atomic E-state index is 13.3. The zero-order valence-corrected chi connectivity index (χ0v) is 13.2. The lowest BCUT2D eigenvalue weighted by atomic mass is 10.3. The van der Waals surface area contributed by atoms with E-state index in [0.717, 1.165) is 4.47 Å². The summed E-state index contributed by atoms with van der Waals surface area (Å²) >= 11 is 3.32. The smallest absolute Gasteiger partial charge is 0.344 e. The zero-order valence-electron chi connectivity index (χ0n) is 11.6. The molecule has 0 spiro atoms. The SMILES string of the molecule is O=C(COc1ccccc1F)OCCOc1ccc(Br)cc1. The van der Waals surface area contributed by atoms with E-state index < -0.39 is 11.8 Å². The molecule has 4 nitrogen and oxygen atoms in total. The summed E-state index contributed by atoms with van der Waals surface area (Å²) in [4.78, 5) is 11.5. The number of esters is 1. The van der Waals surface area contributed by atoms with Crippen LogP contribution in [0.4, 0.5) is 4.39 Å². The molecule has 0 saturated heterocycles. The number of ether oxygens (including phenoxy) is 3. The Morgan fingerprint density at radius 1 is 1.00 bits per heavy atom. The van der Waals surface area contributed by atoms with Crippen LogP contribution >= 0.6 is 15.9 Å². The monoisotopic (exact) mass is 368 g/mol. The molecule has 6 heteroatoms. The Hall–Kier alpha value is -2.08. The quantitative estimate of drug-likeness (QED) is 0.553. The van der Waals surface area contributed by atoms with Gasteiger partial charge in [-0.05, 0) is 36.4 Å². The second kappa shape index (κ2) is 8.38. The average molecular weight is 369 g/mol. The first-order valence-corrected chi connectivity index (χ1v) is 7.36. The summed E-state index contributed by atoms with van der Waals surface area (Å²) in [5, 5.41) is 0. The molecular formula is C16H14BrFO4. The van der Waals surface area contributed by atoms with Gasteiger partial charge in [-0.15, -0.1) is 0 Å². The molecule has 0 aromatic heterocycles. The second-order valence-corrected chi connectivity index (χ2v) is 5.16. The minimum absolute atomic E-state index is 0.0190. The topological polar surface area (TPSA) is 44.8 Å². The standard InChI is InChI=1S/C16H14BrFO4/c17-12-5-7-13(8-6-12)20-9-10-21-16(19)11-22-15-4-2-1-3-14(15)18/h1-8H,9-11H2. The third-order valence-electron chi connectivity index (χ3n) is 2.61. The van der Waals surface area contributed by atoms with Crippen molar-refractivity contribution in [2.24, 2.45) is 0 Å². The molecule has 0 radical (unpaired) electrons. The molecule has 0 bridgehead atoms. The van der Waals surface area contributed by atoms with E-state index in [9.17, 15) is 9.18 Å². The number of hydrogen-bond donors (Lipinski definition) is 0. The van der Waals surface area contributed by atoms with Crippen LogP contribution < -0.4 is 9.47 Å². The molecule has 2 rings (SSSR count).